The minimum absolute atomic E-state index is 0.0926. The van der Waals surface area contributed by atoms with Crippen LogP contribution in [-0.2, 0) is 4.79 Å². The zero-order valence-corrected chi connectivity index (χ0v) is 15.1. The van der Waals surface area contributed by atoms with Crippen molar-refractivity contribution in [1.82, 2.24) is 5.32 Å². The number of rotatable bonds is 2. The van der Waals surface area contributed by atoms with Crippen molar-refractivity contribution >= 4 is 34.6 Å². The molecule has 1 heterocycles. The molecule has 0 bridgehead atoms. The van der Waals surface area contributed by atoms with Crippen LogP contribution in [-0.4, -0.2) is 11.1 Å². The number of hydrogen-bond acceptors (Lipinski definition) is 3. The molecule has 1 saturated heterocycles. The topological polar surface area (TPSA) is 41.5 Å². The summed E-state index contributed by atoms with van der Waals surface area (Å²) in [4.78, 5) is 17.5. The Morgan fingerprint density at radius 2 is 1.62 bits per heavy atom. The van der Waals surface area contributed by atoms with Crippen LogP contribution in [0.15, 0.2) is 46.3 Å². The van der Waals surface area contributed by atoms with E-state index in [1.165, 1.54) is 17.3 Å². The van der Waals surface area contributed by atoms with E-state index in [-0.39, 0.29) is 5.91 Å². The molecule has 0 unspecified atom stereocenters. The number of amides is 1. The number of amidine groups is 1. The van der Waals surface area contributed by atoms with Gasteiger partial charge in [0.25, 0.3) is 5.91 Å². The van der Waals surface area contributed by atoms with Crippen molar-refractivity contribution in [2.24, 2.45) is 4.99 Å². The summed E-state index contributed by atoms with van der Waals surface area (Å²) in [7, 11) is 0. The fourth-order valence-electron chi connectivity index (χ4n) is 2.49. The van der Waals surface area contributed by atoms with E-state index in [4.69, 9.17) is 0 Å². The summed E-state index contributed by atoms with van der Waals surface area (Å²) in [6.45, 7) is 8.16. The maximum absolute atomic E-state index is 12.2. The first-order chi connectivity index (χ1) is 11.4. The van der Waals surface area contributed by atoms with Crippen molar-refractivity contribution in [2.75, 3.05) is 0 Å². The summed E-state index contributed by atoms with van der Waals surface area (Å²) in [6.07, 6.45) is 1.94. The molecule has 1 aliphatic heterocycles. The highest BCUT2D eigenvalue weighted by molar-refractivity contribution is 8.18. The third-order valence-electron chi connectivity index (χ3n) is 3.96. The van der Waals surface area contributed by atoms with Gasteiger partial charge >= 0.3 is 0 Å². The molecule has 0 aliphatic carbocycles. The summed E-state index contributed by atoms with van der Waals surface area (Å²) in [6, 6.07) is 12.4. The van der Waals surface area contributed by atoms with Gasteiger partial charge in [-0.25, -0.2) is 4.99 Å². The Labute approximate surface area is 146 Å². The predicted molar refractivity (Wildman–Crippen MR) is 103 cm³/mol. The second-order valence-corrected chi connectivity index (χ2v) is 7.16. The van der Waals surface area contributed by atoms with Gasteiger partial charge in [0.1, 0.15) is 0 Å². The number of hydrogen-bond donors (Lipinski definition) is 1. The Morgan fingerprint density at radius 3 is 2.38 bits per heavy atom. The van der Waals surface area contributed by atoms with Gasteiger partial charge in [0.15, 0.2) is 5.17 Å². The molecule has 2 aromatic rings. The molecule has 0 atom stereocenters. The molecular formula is C20H20N2OS. The van der Waals surface area contributed by atoms with Crippen LogP contribution in [0.1, 0.15) is 27.8 Å². The van der Waals surface area contributed by atoms with E-state index in [9.17, 15) is 4.79 Å². The number of thioether (sulfide) groups is 1. The van der Waals surface area contributed by atoms with Crippen molar-refractivity contribution in [3.05, 3.63) is 69.1 Å². The van der Waals surface area contributed by atoms with Crippen molar-refractivity contribution < 1.29 is 4.79 Å². The number of nitrogens with zero attached hydrogens (tertiary/aromatic N) is 1. The molecular weight excluding hydrogens is 316 g/mol. The second-order valence-electron chi connectivity index (χ2n) is 6.13. The van der Waals surface area contributed by atoms with Gasteiger partial charge in [-0.05, 0) is 73.9 Å². The number of aliphatic imine (C=N–C) groups is 1. The molecule has 0 radical (unpaired) electrons. The van der Waals surface area contributed by atoms with Crippen LogP contribution in [0.5, 0.6) is 0 Å². The molecule has 4 heteroatoms. The Hall–Kier alpha value is -2.33. The normalized spacial score (nSPS) is 17.6. The Bertz CT molecular complexity index is 881. The van der Waals surface area contributed by atoms with Crippen LogP contribution >= 0.6 is 11.8 Å². The first kappa shape index (κ1) is 16.5. The summed E-state index contributed by atoms with van der Waals surface area (Å²) in [5.74, 6) is -0.0926. The van der Waals surface area contributed by atoms with Crippen LogP contribution in [0.4, 0.5) is 5.69 Å². The quantitative estimate of drug-likeness (QED) is 0.800. The molecule has 3 nitrogen and oxygen atoms in total. The molecule has 0 saturated carbocycles. The Balaban J connectivity index is 1.91. The number of carbonyl (C=O) groups is 1. The van der Waals surface area contributed by atoms with Gasteiger partial charge in [-0.2, -0.15) is 0 Å². The average Bonchev–Trinajstić information content (AvgIpc) is 2.86. The standard InChI is InChI=1S/C20H20N2OS/c1-12-5-7-14(3)16(9-12)11-18-19(23)22-20(24-18)21-17-10-13(2)6-8-15(17)4/h5-11H,1-4H3,(H,21,22,23)/b18-11+. The molecule has 1 fully saturated rings. The molecule has 1 N–H and O–H groups in total. The zero-order chi connectivity index (χ0) is 17.3. The zero-order valence-electron chi connectivity index (χ0n) is 14.3. The second kappa shape index (κ2) is 6.65. The van der Waals surface area contributed by atoms with Crippen LogP contribution in [0, 0.1) is 27.7 Å². The Morgan fingerprint density at radius 1 is 0.958 bits per heavy atom. The van der Waals surface area contributed by atoms with Crippen LogP contribution in [0.3, 0.4) is 0 Å². The third kappa shape index (κ3) is 3.60. The molecule has 122 valence electrons. The Kier molecular flexibility index (Phi) is 4.58. The predicted octanol–water partition coefficient (Wildman–Crippen LogP) is 4.81. The number of nitrogens with one attached hydrogen (secondary N) is 1. The molecule has 1 aliphatic rings. The first-order valence-corrected chi connectivity index (χ1v) is 8.68. The molecule has 3 rings (SSSR count). The van der Waals surface area contributed by atoms with Crippen molar-refractivity contribution in [3.8, 4) is 0 Å². The molecule has 0 spiro atoms. The fourth-order valence-corrected chi connectivity index (χ4v) is 3.31. The van der Waals surface area contributed by atoms with E-state index in [1.54, 1.807) is 0 Å². The third-order valence-corrected chi connectivity index (χ3v) is 4.87. The van der Waals surface area contributed by atoms with Crippen molar-refractivity contribution in [3.63, 3.8) is 0 Å². The highest BCUT2D eigenvalue weighted by Gasteiger charge is 2.24. The van der Waals surface area contributed by atoms with E-state index < -0.39 is 0 Å². The fraction of sp³-hybridized carbons (Fsp3) is 0.200. The van der Waals surface area contributed by atoms with Crippen LogP contribution < -0.4 is 5.32 Å². The van der Waals surface area contributed by atoms with E-state index in [1.807, 2.05) is 32.1 Å². The van der Waals surface area contributed by atoms with Crippen molar-refractivity contribution in [1.29, 1.82) is 0 Å². The average molecular weight is 336 g/mol. The lowest BCUT2D eigenvalue weighted by Crippen LogP contribution is -2.19. The van der Waals surface area contributed by atoms with Gasteiger partial charge < -0.3 is 5.32 Å². The monoisotopic (exact) mass is 336 g/mol. The number of carbonyl (C=O) groups excluding carboxylic acids is 1. The van der Waals surface area contributed by atoms with Gasteiger partial charge in [-0.3, -0.25) is 4.79 Å². The minimum Gasteiger partial charge on any atom is -0.300 e. The lowest BCUT2D eigenvalue weighted by molar-refractivity contribution is -0.115. The van der Waals surface area contributed by atoms with Gasteiger partial charge in [0, 0.05) is 0 Å². The van der Waals surface area contributed by atoms with Gasteiger partial charge in [-0.15, -0.1) is 0 Å². The van der Waals surface area contributed by atoms with E-state index in [2.05, 4.69) is 48.4 Å². The first-order valence-electron chi connectivity index (χ1n) is 7.86. The van der Waals surface area contributed by atoms with Gasteiger partial charge in [-0.1, -0.05) is 35.9 Å². The molecule has 1 amide bonds. The largest absolute Gasteiger partial charge is 0.300 e. The van der Waals surface area contributed by atoms with E-state index >= 15 is 0 Å². The number of benzene rings is 2. The van der Waals surface area contributed by atoms with Crippen molar-refractivity contribution in [2.45, 2.75) is 27.7 Å². The molecule has 0 aromatic heterocycles. The highest BCUT2D eigenvalue weighted by Crippen LogP contribution is 2.30. The van der Waals surface area contributed by atoms with E-state index in [0.29, 0.717) is 10.1 Å². The number of aryl methyl sites for hydroxylation is 4. The minimum atomic E-state index is -0.0926. The van der Waals surface area contributed by atoms with Crippen LogP contribution in [0.2, 0.25) is 0 Å². The highest BCUT2D eigenvalue weighted by atomic mass is 32.2. The lowest BCUT2D eigenvalue weighted by atomic mass is 10.1. The summed E-state index contributed by atoms with van der Waals surface area (Å²) in [5, 5.41) is 3.49. The lowest BCUT2D eigenvalue weighted by Gasteiger charge is -2.03. The smallest absolute Gasteiger partial charge is 0.264 e. The molecule has 2 aromatic carbocycles. The maximum atomic E-state index is 12.2. The van der Waals surface area contributed by atoms with Gasteiger partial charge in [0.2, 0.25) is 0 Å². The summed E-state index contributed by atoms with van der Waals surface area (Å²) >= 11 is 1.39. The van der Waals surface area contributed by atoms with E-state index in [0.717, 1.165) is 27.9 Å². The maximum Gasteiger partial charge on any atom is 0.264 e. The molecule has 24 heavy (non-hydrogen) atoms. The summed E-state index contributed by atoms with van der Waals surface area (Å²) < 4.78 is 0. The van der Waals surface area contributed by atoms with Gasteiger partial charge in [0.05, 0.1) is 10.6 Å². The SMILES string of the molecule is Cc1ccc(C)c(/C=C2/SC(=Nc3cc(C)ccc3C)NC2=O)c1. The van der Waals surface area contributed by atoms with Crippen LogP contribution in [0.25, 0.3) is 6.08 Å². The summed E-state index contributed by atoms with van der Waals surface area (Å²) in [5.41, 5.74) is 6.54.